The molecule has 0 aliphatic heterocycles. The lowest BCUT2D eigenvalue weighted by Crippen LogP contribution is -2.52. The molecule has 1 unspecified atom stereocenters. The van der Waals surface area contributed by atoms with E-state index in [4.69, 9.17) is 4.74 Å². The lowest BCUT2D eigenvalue weighted by molar-refractivity contribution is -0.127. The molecule has 0 fully saturated rings. The molecule has 5 nitrogen and oxygen atoms in total. The van der Waals surface area contributed by atoms with Crippen molar-refractivity contribution in [1.82, 2.24) is 4.98 Å². The van der Waals surface area contributed by atoms with E-state index in [1.807, 2.05) is 19.1 Å². The molecule has 0 saturated heterocycles. The van der Waals surface area contributed by atoms with Crippen molar-refractivity contribution < 1.29 is 14.3 Å². The molecule has 2 aromatic carbocycles. The third-order valence-corrected chi connectivity index (χ3v) is 8.27. The quantitative estimate of drug-likeness (QED) is 0.385. The molecule has 3 aromatic rings. The maximum atomic E-state index is 13.7. The first-order valence-electron chi connectivity index (χ1n) is 10.2. The normalized spacial score (nSPS) is 25.5. The van der Waals surface area contributed by atoms with Crippen LogP contribution in [0, 0.1) is 5.41 Å². The van der Waals surface area contributed by atoms with Crippen LogP contribution in [-0.4, -0.2) is 23.5 Å². The summed E-state index contributed by atoms with van der Waals surface area (Å²) in [6.45, 7) is 4.05. The van der Waals surface area contributed by atoms with Crippen molar-refractivity contribution in [2.75, 3.05) is 11.9 Å². The smallest absolute Gasteiger partial charge is 0.357 e. The van der Waals surface area contributed by atoms with Crippen LogP contribution in [0.3, 0.4) is 0 Å². The van der Waals surface area contributed by atoms with Gasteiger partial charge in [-0.2, -0.15) is 0 Å². The van der Waals surface area contributed by atoms with E-state index >= 15 is 0 Å². The van der Waals surface area contributed by atoms with Gasteiger partial charge in [0.1, 0.15) is 0 Å². The summed E-state index contributed by atoms with van der Waals surface area (Å²) in [5.41, 5.74) is 4.32. The van der Waals surface area contributed by atoms with Crippen molar-refractivity contribution >= 4 is 44.3 Å². The van der Waals surface area contributed by atoms with E-state index in [1.54, 1.807) is 12.3 Å². The molecule has 2 bridgehead atoms. The van der Waals surface area contributed by atoms with Crippen LogP contribution < -0.4 is 5.32 Å². The molecular formula is C24H21BrN2O3S. The second kappa shape index (κ2) is 7.28. The monoisotopic (exact) mass is 496 g/mol. The number of nitrogens with one attached hydrogen (secondary N) is 1. The van der Waals surface area contributed by atoms with Gasteiger partial charge in [-0.25, -0.2) is 9.78 Å². The molecule has 1 atom stereocenters. The number of hydrogen-bond acceptors (Lipinski definition) is 5. The third-order valence-electron chi connectivity index (χ3n) is 6.37. The lowest BCUT2D eigenvalue weighted by atomic mass is 9.52. The minimum absolute atomic E-state index is 0.0659. The van der Waals surface area contributed by atoms with Crippen LogP contribution >= 0.6 is 27.3 Å². The number of esters is 1. The second-order valence-corrected chi connectivity index (χ2v) is 10.4. The first-order valence-corrected chi connectivity index (χ1v) is 11.9. The summed E-state index contributed by atoms with van der Waals surface area (Å²) in [6.07, 6.45) is 0.626. The van der Waals surface area contributed by atoms with Gasteiger partial charge in [0.2, 0.25) is 5.91 Å². The Morgan fingerprint density at radius 2 is 1.77 bits per heavy atom. The van der Waals surface area contributed by atoms with E-state index < -0.39 is 15.7 Å². The number of hydrogen-bond donors (Lipinski definition) is 1. The Labute approximate surface area is 193 Å². The number of anilines is 1. The molecule has 1 N–H and O–H groups in total. The number of amides is 1. The van der Waals surface area contributed by atoms with Gasteiger partial charge in [0, 0.05) is 11.3 Å². The van der Waals surface area contributed by atoms with Gasteiger partial charge in [0.25, 0.3) is 0 Å². The van der Waals surface area contributed by atoms with E-state index in [0.717, 1.165) is 0 Å². The first kappa shape index (κ1) is 20.4. The number of nitrogens with zero attached hydrogens (tertiary/aromatic N) is 1. The number of rotatable bonds is 4. The number of fused-ring (bicyclic) bond motifs is 1. The summed E-state index contributed by atoms with van der Waals surface area (Å²) in [5, 5.41) is 4.99. The van der Waals surface area contributed by atoms with Crippen molar-refractivity contribution in [3.05, 3.63) is 81.9 Å². The van der Waals surface area contributed by atoms with Gasteiger partial charge < -0.3 is 10.1 Å². The summed E-state index contributed by atoms with van der Waals surface area (Å²) < 4.78 is 4.57. The Morgan fingerprint density at radius 3 is 2.39 bits per heavy atom. The molecule has 1 heterocycles. The standard InChI is InChI=1S/C24H21BrN2O3S/c1-3-30-20(28)18-12-31-22(26-18)27-21(29)23(2)13-24(25)16-10-6-4-8-14(16)19(23)15-9-5-7-11-17(15)24/h4-12,19H,3,13H2,1-2H3,(H,26,27,29). The number of aromatic nitrogens is 1. The Bertz CT molecular complexity index is 1160. The Morgan fingerprint density at radius 1 is 1.16 bits per heavy atom. The highest BCUT2D eigenvalue weighted by atomic mass is 79.9. The van der Waals surface area contributed by atoms with Crippen LogP contribution in [0.4, 0.5) is 5.13 Å². The topological polar surface area (TPSA) is 68.3 Å². The molecule has 31 heavy (non-hydrogen) atoms. The van der Waals surface area contributed by atoms with E-state index in [2.05, 4.69) is 62.6 Å². The van der Waals surface area contributed by atoms with Crippen LogP contribution in [0.5, 0.6) is 0 Å². The van der Waals surface area contributed by atoms with Crippen molar-refractivity contribution in [2.45, 2.75) is 30.5 Å². The summed E-state index contributed by atoms with van der Waals surface area (Å²) in [7, 11) is 0. The van der Waals surface area contributed by atoms with E-state index in [9.17, 15) is 9.59 Å². The fourth-order valence-electron chi connectivity index (χ4n) is 5.10. The summed E-state index contributed by atoms with van der Waals surface area (Å²) >= 11 is 5.28. The van der Waals surface area contributed by atoms with Crippen molar-refractivity contribution in [3.63, 3.8) is 0 Å². The van der Waals surface area contributed by atoms with Gasteiger partial charge in [0.15, 0.2) is 10.8 Å². The third kappa shape index (κ3) is 2.97. The maximum absolute atomic E-state index is 13.7. The number of thiazole rings is 1. The van der Waals surface area contributed by atoms with Crippen LogP contribution in [0.2, 0.25) is 0 Å². The van der Waals surface area contributed by atoms with Crippen LogP contribution in [0.25, 0.3) is 0 Å². The zero-order valence-corrected chi connectivity index (χ0v) is 19.5. The molecule has 3 aliphatic carbocycles. The van der Waals surface area contributed by atoms with Crippen LogP contribution in [-0.2, 0) is 13.9 Å². The van der Waals surface area contributed by atoms with Crippen LogP contribution in [0.15, 0.2) is 53.9 Å². The molecule has 0 radical (unpaired) electrons. The van der Waals surface area contributed by atoms with Crippen molar-refractivity contribution in [2.24, 2.45) is 5.41 Å². The second-order valence-electron chi connectivity index (χ2n) is 8.22. The molecular weight excluding hydrogens is 476 g/mol. The minimum Gasteiger partial charge on any atom is -0.461 e. The number of ether oxygens (including phenoxy) is 1. The van der Waals surface area contributed by atoms with Crippen molar-refractivity contribution in [3.8, 4) is 0 Å². The molecule has 3 aliphatic rings. The van der Waals surface area contributed by atoms with E-state index in [-0.39, 0.29) is 24.1 Å². The summed E-state index contributed by atoms with van der Waals surface area (Å²) in [5.74, 6) is -0.650. The Kier molecular flexibility index (Phi) is 4.79. The largest absolute Gasteiger partial charge is 0.461 e. The highest BCUT2D eigenvalue weighted by molar-refractivity contribution is 9.09. The van der Waals surface area contributed by atoms with E-state index in [1.165, 1.54) is 33.6 Å². The van der Waals surface area contributed by atoms with Crippen molar-refractivity contribution in [1.29, 1.82) is 0 Å². The Hall–Kier alpha value is -2.51. The maximum Gasteiger partial charge on any atom is 0.357 e. The van der Waals surface area contributed by atoms with E-state index in [0.29, 0.717) is 11.6 Å². The molecule has 6 rings (SSSR count). The summed E-state index contributed by atoms with van der Waals surface area (Å²) in [4.78, 5) is 29.9. The number of benzene rings is 2. The average Bonchev–Trinajstić information content (AvgIpc) is 3.23. The predicted molar refractivity (Wildman–Crippen MR) is 124 cm³/mol. The molecule has 1 amide bonds. The zero-order chi connectivity index (χ0) is 21.8. The predicted octanol–water partition coefficient (Wildman–Crippen LogP) is 5.45. The molecule has 0 saturated carbocycles. The average molecular weight is 497 g/mol. The van der Waals surface area contributed by atoms with Gasteiger partial charge in [0.05, 0.1) is 16.3 Å². The lowest BCUT2D eigenvalue weighted by Gasteiger charge is -2.54. The number of carbonyl (C=O) groups excluding carboxylic acids is 2. The number of alkyl halides is 1. The summed E-state index contributed by atoms with van der Waals surface area (Å²) in [6, 6.07) is 16.7. The first-order chi connectivity index (χ1) is 14.9. The minimum atomic E-state index is -0.692. The Balaban J connectivity index is 1.53. The molecule has 1 aromatic heterocycles. The highest BCUT2D eigenvalue weighted by Crippen LogP contribution is 2.66. The molecule has 158 valence electrons. The molecule has 0 spiro atoms. The van der Waals surface area contributed by atoms with Gasteiger partial charge in [-0.15, -0.1) is 11.3 Å². The van der Waals surface area contributed by atoms with Gasteiger partial charge in [-0.05, 0) is 42.5 Å². The van der Waals surface area contributed by atoms with Gasteiger partial charge in [-0.1, -0.05) is 64.5 Å². The number of carbonyl (C=O) groups is 2. The SMILES string of the molecule is CCOC(=O)c1csc(NC(=O)C2(C)CC3(Br)c4ccccc4C2c2ccccc23)n1. The van der Waals surface area contributed by atoms with Gasteiger partial charge >= 0.3 is 5.97 Å². The van der Waals surface area contributed by atoms with Gasteiger partial charge in [-0.3, -0.25) is 4.79 Å². The molecule has 7 heteroatoms. The fraction of sp³-hybridized carbons (Fsp3) is 0.292. The zero-order valence-electron chi connectivity index (χ0n) is 17.1. The fourth-order valence-corrected chi connectivity index (χ4v) is 7.08. The number of halogens is 1. The van der Waals surface area contributed by atoms with Crippen LogP contribution in [0.1, 0.15) is 58.9 Å². The highest BCUT2D eigenvalue weighted by Gasteiger charge is 2.59.